The fourth-order valence-electron chi connectivity index (χ4n) is 4.11. The number of hydrogen-bond acceptors (Lipinski definition) is 5. The van der Waals surface area contributed by atoms with Crippen molar-refractivity contribution in [3.63, 3.8) is 0 Å². The van der Waals surface area contributed by atoms with Gasteiger partial charge in [-0.1, -0.05) is 13.8 Å². The van der Waals surface area contributed by atoms with Crippen LogP contribution in [0.4, 0.5) is 5.69 Å². The Hall–Kier alpha value is -2.12. The normalized spacial score (nSPS) is 25.8. The maximum atomic E-state index is 13.2. The molecule has 0 unspecified atom stereocenters. The molecule has 3 rings (SSSR count). The molecular weight excluding hydrogens is 394 g/mol. The lowest BCUT2D eigenvalue weighted by Crippen LogP contribution is -2.46. The molecule has 0 bridgehead atoms. The van der Waals surface area contributed by atoms with Crippen LogP contribution in [-0.4, -0.2) is 74.2 Å². The van der Waals surface area contributed by atoms with Crippen molar-refractivity contribution in [3.05, 3.63) is 23.8 Å². The fourth-order valence-corrected chi connectivity index (χ4v) is 4.11. The number of benzene rings is 1. The van der Waals surface area contributed by atoms with Gasteiger partial charge in [-0.25, -0.2) is 0 Å². The largest absolute Gasteiger partial charge is 0.491 e. The summed E-state index contributed by atoms with van der Waals surface area (Å²) in [5.74, 6) is 0.827. The maximum absolute atomic E-state index is 13.2. The van der Waals surface area contributed by atoms with Crippen LogP contribution in [0.25, 0.3) is 0 Å². The first-order valence-corrected chi connectivity index (χ1v) is 11.4. The van der Waals surface area contributed by atoms with Crippen molar-refractivity contribution >= 4 is 17.5 Å². The van der Waals surface area contributed by atoms with Gasteiger partial charge in [0.25, 0.3) is 5.91 Å². The molecule has 1 aromatic carbocycles. The Morgan fingerprint density at radius 3 is 2.65 bits per heavy atom. The van der Waals surface area contributed by atoms with E-state index in [-0.39, 0.29) is 35.8 Å². The maximum Gasteiger partial charge on any atom is 0.257 e. The van der Waals surface area contributed by atoms with E-state index < -0.39 is 0 Å². The van der Waals surface area contributed by atoms with Crippen LogP contribution in [0.15, 0.2) is 18.2 Å². The van der Waals surface area contributed by atoms with Crippen molar-refractivity contribution < 1.29 is 19.1 Å². The van der Waals surface area contributed by atoms with Crippen molar-refractivity contribution in [3.8, 4) is 5.75 Å². The van der Waals surface area contributed by atoms with E-state index in [0.29, 0.717) is 30.2 Å². The average molecular weight is 432 g/mol. The van der Waals surface area contributed by atoms with Gasteiger partial charge in [0, 0.05) is 51.0 Å². The summed E-state index contributed by atoms with van der Waals surface area (Å²) in [7, 11) is 3.51. The van der Waals surface area contributed by atoms with E-state index in [9.17, 15) is 9.59 Å². The summed E-state index contributed by atoms with van der Waals surface area (Å²) < 4.78 is 12.0. The summed E-state index contributed by atoms with van der Waals surface area (Å²) in [6.07, 6.45) is 2.89. The van der Waals surface area contributed by atoms with Crippen molar-refractivity contribution in [2.45, 2.75) is 52.2 Å². The van der Waals surface area contributed by atoms with Crippen molar-refractivity contribution in [2.24, 2.45) is 11.8 Å². The van der Waals surface area contributed by atoms with Gasteiger partial charge < -0.3 is 19.7 Å². The lowest BCUT2D eigenvalue weighted by Gasteiger charge is -2.35. The third-order valence-electron chi connectivity index (χ3n) is 6.30. The third-order valence-corrected chi connectivity index (χ3v) is 6.30. The van der Waals surface area contributed by atoms with E-state index in [0.717, 1.165) is 32.4 Å². The number of hydrogen-bond donors (Lipinski definition) is 1. The molecule has 0 radical (unpaired) electrons. The number of likely N-dealkylation sites (N-methyl/N-ethyl adjacent to an activating group) is 1. The minimum Gasteiger partial charge on any atom is -0.491 e. The highest BCUT2D eigenvalue weighted by atomic mass is 16.5. The van der Waals surface area contributed by atoms with E-state index in [1.165, 1.54) is 0 Å². The zero-order chi connectivity index (χ0) is 22.5. The number of amides is 2. The van der Waals surface area contributed by atoms with Gasteiger partial charge in [-0.05, 0) is 50.8 Å². The zero-order valence-electron chi connectivity index (χ0n) is 19.5. The average Bonchev–Trinajstić information content (AvgIpc) is 3.59. The van der Waals surface area contributed by atoms with Crippen LogP contribution in [0.5, 0.6) is 5.75 Å². The molecule has 31 heavy (non-hydrogen) atoms. The molecule has 2 aliphatic rings. The van der Waals surface area contributed by atoms with Crippen molar-refractivity contribution in [2.75, 3.05) is 45.7 Å². The molecular formula is C24H37N3O4. The molecule has 0 saturated heterocycles. The summed E-state index contributed by atoms with van der Waals surface area (Å²) in [6.45, 7) is 9.34. The van der Waals surface area contributed by atoms with Gasteiger partial charge >= 0.3 is 0 Å². The number of carbonyl (C=O) groups is 2. The molecule has 0 spiro atoms. The second-order valence-electron chi connectivity index (χ2n) is 9.07. The van der Waals surface area contributed by atoms with E-state index in [4.69, 9.17) is 9.47 Å². The molecule has 1 heterocycles. The molecule has 7 nitrogen and oxygen atoms in total. The quantitative estimate of drug-likeness (QED) is 0.775. The molecule has 7 heteroatoms. The molecule has 0 aromatic heterocycles. The van der Waals surface area contributed by atoms with Crippen LogP contribution in [-0.2, 0) is 9.53 Å². The number of anilines is 1. The van der Waals surface area contributed by atoms with Gasteiger partial charge in [-0.3, -0.25) is 14.5 Å². The molecule has 1 saturated carbocycles. The lowest BCUT2D eigenvalue weighted by atomic mass is 10.0. The number of rotatable bonds is 5. The number of methoxy groups -OCH3 is 1. The van der Waals surface area contributed by atoms with Gasteiger partial charge in [0.05, 0.1) is 11.7 Å². The number of carbonyl (C=O) groups excluding carboxylic acids is 2. The second kappa shape index (κ2) is 10.5. The molecule has 1 aromatic rings. The van der Waals surface area contributed by atoms with Crippen LogP contribution in [0.1, 0.15) is 50.4 Å². The van der Waals surface area contributed by atoms with E-state index >= 15 is 0 Å². The highest BCUT2D eigenvalue weighted by Gasteiger charge is 2.31. The second-order valence-corrected chi connectivity index (χ2v) is 9.07. The lowest BCUT2D eigenvalue weighted by molar-refractivity contribution is -0.117. The smallest absolute Gasteiger partial charge is 0.257 e. The van der Waals surface area contributed by atoms with Crippen LogP contribution in [0.3, 0.4) is 0 Å². The summed E-state index contributed by atoms with van der Waals surface area (Å²) in [6, 6.07) is 5.50. The summed E-state index contributed by atoms with van der Waals surface area (Å²) in [5, 5.41) is 2.95. The monoisotopic (exact) mass is 431 g/mol. The Bertz CT molecular complexity index is 780. The Labute approximate surface area is 186 Å². The first-order chi connectivity index (χ1) is 14.8. The van der Waals surface area contributed by atoms with Gasteiger partial charge in [0.1, 0.15) is 12.4 Å². The number of fused-ring (bicyclic) bond motifs is 1. The minimum absolute atomic E-state index is 0.0379. The van der Waals surface area contributed by atoms with Crippen LogP contribution < -0.4 is 10.1 Å². The number of ether oxygens (including phenoxy) is 2. The number of nitrogens with zero attached hydrogens (tertiary/aromatic N) is 2. The predicted molar refractivity (Wildman–Crippen MR) is 122 cm³/mol. The van der Waals surface area contributed by atoms with Gasteiger partial charge in [-0.2, -0.15) is 0 Å². The van der Waals surface area contributed by atoms with Gasteiger partial charge in [-0.15, -0.1) is 0 Å². The Morgan fingerprint density at radius 2 is 2.00 bits per heavy atom. The van der Waals surface area contributed by atoms with E-state index in [1.807, 2.05) is 0 Å². The number of nitrogens with one attached hydrogen (secondary N) is 1. The van der Waals surface area contributed by atoms with Crippen LogP contribution in [0.2, 0.25) is 0 Å². The molecule has 172 valence electrons. The Morgan fingerprint density at radius 1 is 1.26 bits per heavy atom. The molecule has 3 atom stereocenters. The Balaban J connectivity index is 1.89. The van der Waals surface area contributed by atoms with Crippen molar-refractivity contribution in [1.29, 1.82) is 0 Å². The first kappa shape index (κ1) is 23.5. The molecule has 1 N–H and O–H groups in total. The molecule has 1 aliphatic carbocycles. The first-order valence-electron chi connectivity index (χ1n) is 11.4. The summed E-state index contributed by atoms with van der Waals surface area (Å²) in [4.78, 5) is 29.5. The van der Waals surface area contributed by atoms with Gasteiger partial charge in [0.2, 0.25) is 5.91 Å². The standard InChI is InChI=1S/C24H37N3O4/c1-6-11-27-13-16(2)22(30-5)14-26(4)24(29)20-10-9-19(25-23(28)18-7-8-18)12-21(20)31-15-17(27)3/h9-10,12,16-18,22H,6-8,11,13-15H2,1-5H3,(H,25,28)/t16-,17+,22+/m1/s1. The molecule has 2 amide bonds. The third kappa shape index (κ3) is 5.98. The highest BCUT2D eigenvalue weighted by molar-refractivity contribution is 5.99. The van der Waals surface area contributed by atoms with Crippen LogP contribution in [0, 0.1) is 11.8 Å². The topological polar surface area (TPSA) is 71.1 Å². The van der Waals surface area contributed by atoms with Gasteiger partial charge in [0.15, 0.2) is 0 Å². The molecule has 1 fully saturated rings. The summed E-state index contributed by atoms with van der Waals surface area (Å²) >= 11 is 0. The highest BCUT2D eigenvalue weighted by Crippen LogP contribution is 2.32. The molecule has 1 aliphatic heterocycles. The zero-order valence-corrected chi connectivity index (χ0v) is 19.5. The van der Waals surface area contributed by atoms with E-state index in [1.54, 1.807) is 37.3 Å². The predicted octanol–water partition coefficient (Wildman–Crippen LogP) is 3.25. The van der Waals surface area contributed by atoms with E-state index in [2.05, 4.69) is 31.0 Å². The SMILES string of the molecule is CCCN1C[C@@H](C)[C@@H](OC)CN(C)C(=O)c2ccc(NC(=O)C3CC3)cc2OC[C@@H]1C. The Kier molecular flexibility index (Phi) is 7.94. The minimum atomic E-state index is -0.108. The fraction of sp³-hybridized carbons (Fsp3) is 0.667. The van der Waals surface area contributed by atoms with Crippen molar-refractivity contribution in [1.82, 2.24) is 9.80 Å². The van der Waals surface area contributed by atoms with Crippen LogP contribution >= 0.6 is 0 Å². The summed E-state index contributed by atoms with van der Waals surface area (Å²) in [5.41, 5.74) is 1.17.